The Bertz CT molecular complexity index is 2120. The van der Waals surface area contributed by atoms with Crippen LogP contribution in [0, 0.1) is 0 Å². The second-order valence-electron chi connectivity index (χ2n) is 10.3. The van der Waals surface area contributed by atoms with E-state index in [2.05, 4.69) is 132 Å². The number of benzene rings is 5. The van der Waals surface area contributed by atoms with E-state index in [1.807, 2.05) is 24.4 Å². The fourth-order valence-electron chi connectivity index (χ4n) is 5.88. The highest BCUT2D eigenvalue weighted by Crippen LogP contribution is 2.38. The van der Waals surface area contributed by atoms with E-state index >= 15 is 0 Å². The van der Waals surface area contributed by atoms with Crippen molar-refractivity contribution < 1.29 is 0 Å². The van der Waals surface area contributed by atoms with Gasteiger partial charge in [0.2, 0.25) is 0 Å². The number of aromatic nitrogens is 3. The van der Waals surface area contributed by atoms with Crippen molar-refractivity contribution in [3.05, 3.63) is 152 Å². The maximum atomic E-state index is 5.04. The molecule has 0 radical (unpaired) electrons. The maximum Gasteiger partial charge on any atom is 0.0871 e. The Hall–Kier alpha value is -5.54. The van der Waals surface area contributed by atoms with Gasteiger partial charge < -0.3 is 4.40 Å². The number of pyridine rings is 1. The van der Waals surface area contributed by atoms with E-state index in [4.69, 9.17) is 9.97 Å². The summed E-state index contributed by atoms with van der Waals surface area (Å²) in [6.45, 7) is 0. The summed E-state index contributed by atoms with van der Waals surface area (Å²) in [7, 11) is 0. The van der Waals surface area contributed by atoms with Crippen LogP contribution in [0.3, 0.4) is 0 Å². The average Bonchev–Trinajstić information content (AvgIpc) is 3.40. The number of fused-ring (bicyclic) bond motifs is 5. The Balaban J connectivity index is 1.29. The van der Waals surface area contributed by atoms with Gasteiger partial charge in [-0.15, -0.1) is 0 Å². The third kappa shape index (κ3) is 3.98. The minimum absolute atomic E-state index is 0.966. The van der Waals surface area contributed by atoms with Gasteiger partial charge in [0.05, 0.1) is 39.7 Å². The summed E-state index contributed by atoms with van der Waals surface area (Å²) in [6.07, 6.45) is 2.01. The SMILES string of the molecule is c1ccc(-c2cc(-c3ccc(-c4c5ccccc5n5c4cnc4ccccc45)cc3)cc(-c3ccccc3)n2)cc1. The Labute approximate surface area is 238 Å². The largest absolute Gasteiger partial charge is 0.306 e. The van der Waals surface area contributed by atoms with E-state index in [-0.39, 0.29) is 0 Å². The first-order chi connectivity index (χ1) is 20.3. The number of rotatable bonds is 4. The zero-order chi connectivity index (χ0) is 27.2. The van der Waals surface area contributed by atoms with Crippen LogP contribution in [-0.4, -0.2) is 14.4 Å². The van der Waals surface area contributed by atoms with Crippen molar-refractivity contribution in [2.45, 2.75) is 0 Å². The van der Waals surface area contributed by atoms with Crippen LogP contribution in [0.2, 0.25) is 0 Å². The van der Waals surface area contributed by atoms with E-state index in [1.54, 1.807) is 0 Å². The molecule has 0 atom stereocenters. The third-order valence-corrected chi connectivity index (χ3v) is 7.83. The lowest BCUT2D eigenvalue weighted by atomic mass is 9.97. The van der Waals surface area contributed by atoms with Crippen molar-refractivity contribution in [2.24, 2.45) is 0 Å². The first-order valence-electron chi connectivity index (χ1n) is 13.8. The van der Waals surface area contributed by atoms with E-state index in [0.717, 1.165) is 50.2 Å². The second kappa shape index (κ2) is 9.58. The topological polar surface area (TPSA) is 30.2 Å². The predicted molar refractivity (Wildman–Crippen MR) is 170 cm³/mol. The van der Waals surface area contributed by atoms with Gasteiger partial charge in [-0.05, 0) is 47.0 Å². The molecule has 8 aromatic rings. The van der Waals surface area contributed by atoms with Crippen LogP contribution >= 0.6 is 0 Å². The zero-order valence-electron chi connectivity index (χ0n) is 22.3. The molecule has 192 valence electrons. The molecule has 3 nitrogen and oxygen atoms in total. The van der Waals surface area contributed by atoms with Crippen LogP contribution in [0.1, 0.15) is 0 Å². The average molecular weight is 524 g/mol. The molecular weight excluding hydrogens is 498 g/mol. The summed E-state index contributed by atoms with van der Waals surface area (Å²) in [4.78, 5) is 9.85. The molecule has 3 heterocycles. The molecular formula is C38H25N3. The molecule has 0 fully saturated rings. The summed E-state index contributed by atoms with van der Waals surface area (Å²) in [5.41, 5.74) is 13.2. The predicted octanol–water partition coefficient (Wildman–Crippen LogP) is 9.70. The zero-order valence-corrected chi connectivity index (χ0v) is 22.3. The van der Waals surface area contributed by atoms with Crippen LogP contribution < -0.4 is 0 Å². The molecule has 5 aromatic carbocycles. The van der Waals surface area contributed by atoms with Crippen molar-refractivity contribution in [2.75, 3.05) is 0 Å². The van der Waals surface area contributed by atoms with Crippen molar-refractivity contribution >= 4 is 27.5 Å². The van der Waals surface area contributed by atoms with Crippen LogP contribution in [0.4, 0.5) is 0 Å². The maximum absolute atomic E-state index is 5.04. The van der Waals surface area contributed by atoms with Gasteiger partial charge in [-0.2, -0.15) is 0 Å². The molecule has 3 aromatic heterocycles. The molecule has 0 N–H and O–H groups in total. The van der Waals surface area contributed by atoms with Crippen LogP contribution in [0.5, 0.6) is 0 Å². The molecule has 0 spiro atoms. The molecule has 41 heavy (non-hydrogen) atoms. The van der Waals surface area contributed by atoms with Crippen molar-refractivity contribution in [3.63, 3.8) is 0 Å². The minimum atomic E-state index is 0.966. The first kappa shape index (κ1) is 23.4. The summed E-state index contributed by atoms with van der Waals surface area (Å²) >= 11 is 0. The Morgan fingerprint density at radius 3 is 1.66 bits per heavy atom. The normalized spacial score (nSPS) is 11.4. The lowest BCUT2D eigenvalue weighted by Gasteiger charge is -2.11. The summed E-state index contributed by atoms with van der Waals surface area (Å²) in [5, 5.41) is 1.22. The van der Waals surface area contributed by atoms with Crippen LogP contribution in [0.15, 0.2) is 152 Å². The van der Waals surface area contributed by atoms with Gasteiger partial charge in [0.1, 0.15) is 0 Å². The van der Waals surface area contributed by atoms with Gasteiger partial charge in [-0.3, -0.25) is 4.98 Å². The van der Waals surface area contributed by atoms with Crippen molar-refractivity contribution in [3.8, 4) is 44.8 Å². The molecule has 0 amide bonds. The third-order valence-electron chi connectivity index (χ3n) is 7.83. The molecule has 0 bridgehead atoms. The number of hydrogen-bond donors (Lipinski definition) is 0. The monoisotopic (exact) mass is 523 g/mol. The van der Waals surface area contributed by atoms with E-state index in [0.29, 0.717) is 0 Å². The minimum Gasteiger partial charge on any atom is -0.306 e. The lowest BCUT2D eigenvalue weighted by molar-refractivity contribution is 1.27. The molecule has 8 rings (SSSR count). The lowest BCUT2D eigenvalue weighted by Crippen LogP contribution is -1.91. The Morgan fingerprint density at radius 2 is 0.976 bits per heavy atom. The van der Waals surface area contributed by atoms with Gasteiger partial charge in [0.25, 0.3) is 0 Å². The molecule has 3 heteroatoms. The molecule has 0 saturated heterocycles. The number of hydrogen-bond acceptors (Lipinski definition) is 2. The Morgan fingerprint density at radius 1 is 0.415 bits per heavy atom. The van der Waals surface area contributed by atoms with Gasteiger partial charge in [0.15, 0.2) is 0 Å². The highest BCUT2D eigenvalue weighted by molar-refractivity contribution is 6.08. The second-order valence-corrected chi connectivity index (χ2v) is 10.3. The molecule has 0 aliphatic carbocycles. The molecule has 0 aliphatic rings. The first-order valence-corrected chi connectivity index (χ1v) is 13.8. The highest BCUT2D eigenvalue weighted by atomic mass is 14.9. The van der Waals surface area contributed by atoms with Gasteiger partial charge in [-0.25, -0.2) is 4.98 Å². The van der Waals surface area contributed by atoms with Crippen molar-refractivity contribution in [1.82, 2.24) is 14.4 Å². The van der Waals surface area contributed by atoms with Crippen LogP contribution in [-0.2, 0) is 0 Å². The number of nitrogens with zero attached hydrogens (tertiary/aromatic N) is 3. The quantitative estimate of drug-likeness (QED) is 0.230. The summed E-state index contributed by atoms with van der Waals surface area (Å²) in [5.74, 6) is 0. The van der Waals surface area contributed by atoms with E-state index in [9.17, 15) is 0 Å². The fourth-order valence-corrected chi connectivity index (χ4v) is 5.88. The smallest absolute Gasteiger partial charge is 0.0871 e. The molecule has 0 saturated carbocycles. The highest BCUT2D eigenvalue weighted by Gasteiger charge is 2.16. The Kier molecular flexibility index (Phi) is 5.46. The van der Waals surface area contributed by atoms with Crippen molar-refractivity contribution in [1.29, 1.82) is 0 Å². The molecule has 0 unspecified atom stereocenters. The summed E-state index contributed by atoms with van der Waals surface area (Å²) < 4.78 is 2.34. The summed E-state index contributed by atoms with van der Waals surface area (Å²) in [6, 6.07) is 51.0. The van der Waals surface area contributed by atoms with Gasteiger partial charge >= 0.3 is 0 Å². The van der Waals surface area contributed by atoms with Crippen LogP contribution in [0.25, 0.3) is 72.2 Å². The van der Waals surface area contributed by atoms with E-state index < -0.39 is 0 Å². The number of para-hydroxylation sites is 3. The standard InChI is InChI=1S/C38H25N3/c1-3-11-27(12-4-1)33-23-30(24-34(40-33)28-13-5-2-6-14-28)26-19-21-29(22-20-26)38-31-15-7-9-17-35(31)41-36-18-10-8-16-32(36)39-25-37(38)41/h1-25H. The molecule has 0 aliphatic heterocycles. The van der Waals surface area contributed by atoms with Gasteiger partial charge in [0, 0.05) is 22.1 Å². The van der Waals surface area contributed by atoms with Gasteiger partial charge in [-0.1, -0.05) is 115 Å². The fraction of sp³-hybridized carbons (Fsp3) is 0. The van der Waals surface area contributed by atoms with E-state index in [1.165, 1.54) is 22.0 Å².